The highest BCUT2D eigenvalue weighted by atomic mass is 16.4. The van der Waals surface area contributed by atoms with E-state index >= 15 is 0 Å². The Hall–Kier alpha value is -2.15. The van der Waals surface area contributed by atoms with Crippen molar-refractivity contribution < 1.29 is 9.21 Å². The lowest BCUT2D eigenvalue weighted by Crippen LogP contribution is -2.32. The van der Waals surface area contributed by atoms with Crippen LogP contribution in [0.5, 0.6) is 0 Å². The fourth-order valence-corrected chi connectivity index (χ4v) is 3.48. The molecule has 3 heterocycles. The highest BCUT2D eigenvalue weighted by Gasteiger charge is 2.37. The van der Waals surface area contributed by atoms with Crippen LogP contribution < -0.4 is 5.73 Å². The molecule has 2 fully saturated rings. The number of nitrogens with zero attached hydrogens (tertiary/aromatic N) is 4. The molecule has 24 heavy (non-hydrogen) atoms. The summed E-state index contributed by atoms with van der Waals surface area (Å²) in [7, 11) is 1.95. The lowest BCUT2D eigenvalue weighted by Gasteiger charge is -2.15. The molecule has 4 rings (SSSR count). The topological polar surface area (TPSA) is 90.2 Å². The van der Waals surface area contributed by atoms with Gasteiger partial charge in [-0.2, -0.15) is 0 Å². The zero-order valence-electron chi connectivity index (χ0n) is 14.1. The Morgan fingerprint density at radius 1 is 1.42 bits per heavy atom. The van der Waals surface area contributed by atoms with Crippen molar-refractivity contribution in [3.8, 4) is 0 Å². The van der Waals surface area contributed by atoms with Gasteiger partial charge in [0.05, 0.1) is 12.0 Å². The normalized spacial score (nSPS) is 23.9. The third-order valence-corrected chi connectivity index (χ3v) is 5.08. The maximum absolute atomic E-state index is 12.8. The average Bonchev–Trinajstić information content (AvgIpc) is 2.94. The van der Waals surface area contributed by atoms with E-state index in [0.717, 1.165) is 12.1 Å². The molecule has 1 aliphatic carbocycles. The molecule has 7 heteroatoms. The molecule has 1 saturated heterocycles. The van der Waals surface area contributed by atoms with Gasteiger partial charge in [0.15, 0.2) is 5.89 Å². The summed E-state index contributed by atoms with van der Waals surface area (Å²) in [5, 5.41) is 0. The van der Waals surface area contributed by atoms with E-state index in [1.807, 2.05) is 24.7 Å². The van der Waals surface area contributed by atoms with E-state index in [1.54, 1.807) is 11.2 Å². The van der Waals surface area contributed by atoms with Crippen LogP contribution in [0.15, 0.2) is 16.9 Å². The predicted octanol–water partition coefficient (Wildman–Crippen LogP) is 1.24. The lowest BCUT2D eigenvalue weighted by atomic mass is 10.0. The van der Waals surface area contributed by atoms with Crippen LogP contribution in [0.3, 0.4) is 0 Å². The van der Waals surface area contributed by atoms with Gasteiger partial charge in [0, 0.05) is 50.4 Å². The largest absolute Gasteiger partial charge is 0.435 e. The first-order valence-electron chi connectivity index (χ1n) is 8.50. The third kappa shape index (κ3) is 2.73. The number of carbonyl (C=O) groups excluding carboxylic acids is 1. The van der Waals surface area contributed by atoms with Crippen molar-refractivity contribution in [2.24, 2.45) is 18.7 Å². The van der Waals surface area contributed by atoms with Crippen molar-refractivity contribution in [3.05, 3.63) is 35.6 Å². The van der Waals surface area contributed by atoms with Gasteiger partial charge in [0.1, 0.15) is 0 Å². The van der Waals surface area contributed by atoms with Crippen LogP contribution in [0.4, 0.5) is 0 Å². The molecular formula is C17H23N5O2. The molecular weight excluding hydrogens is 306 g/mol. The van der Waals surface area contributed by atoms with Crippen molar-refractivity contribution in [1.82, 2.24) is 19.4 Å². The predicted molar refractivity (Wildman–Crippen MR) is 87.5 cm³/mol. The number of hydrogen-bond donors (Lipinski definition) is 1. The van der Waals surface area contributed by atoms with Crippen LogP contribution in [0.2, 0.25) is 0 Å². The van der Waals surface area contributed by atoms with Crippen molar-refractivity contribution in [3.63, 3.8) is 0 Å². The summed E-state index contributed by atoms with van der Waals surface area (Å²) in [5.74, 6) is 1.71. The quantitative estimate of drug-likeness (QED) is 0.911. The highest BCUT2D eigenvalue weighted by molar-refractivity contribution is 5.92. The second-order valence-corrected chi connectivity index (χ2v) is 7.08. The Morgan fingerprint density at radius 2 is 2.21 bits per heavy atom. The molecule has 128 valence electrons. The minimum atomic E-state index is -0.109. The first-order chi connectivity index (χ1) is 11.5. The first-order valence-corrected chi connectivity index (χ1v) is 8.50. The van der Waals surface area contributed by atoms with Crippen LogP contribution in [-0.4, -0.2) is 44.5 Å². The fourth-order valence-electron chi connectivity index (χ4n) is 3.48. The third-order valence-electron chi connectivity index (χ3n) is 5.08. The summed E-state index contributed by atoms with van der Waals surface area (Å²) in [6, 6.07) is -0.0986. The number of likely N-dealkylation sites (tertiary alicyclic amines) is 1. The standard InChI is InChI=1S/C17H23N5O2/c1-10-16(24-15(20-10)5-11-3-4-11)17(23)22-7-12(13(18)8-22)14-6-19-9-21(14)2/h6,9,11-13H,3-5,7-8,18H2,1-2H3/t12-,13-/m1/s1. The second kappa shape index (κ2) is 5.73. The van der Waals surface area contributed by atoms with Gasteiger partial charge < -0.3 is 19.6 Å². The molecule has 1 saturated carbocycles. The number of hydrogen-bond acceptors (Lipinski definition) is 5. The van der Waals surface area contributed by atoms with Crippen molar-refractivity contribution in [2.75, 3.05) is 13.1 Å². The molecule has 0 spiro atoms. The number of carbonyl (C=O) groups is 1. The Labute approximate surface area is 140 Å². The van der Waals surface area contributed by atoms with E-state index in [-0.39, 0.29) is 17.9 Å². The van der Waals surface area contributed by atoms with Crippen LogP contribution in [0, 0.1) is 12.8 Å². The van der Waals surface area contributed by atoms with Crippen LogP contribution in [0.25, 0.3) is 0 Å². The minimum Gasteiger partial charge on any atom is -0.435 e. The van der Waals surface area contributed by atoms with E-state index in [0.29, 0.717) is 36.4 Å². The van der Waals surface area contributed by atoms with Gasteiger partial charge in [-0.25, -0.2) is 9.97 Å². The number of amides is 1. The summed E-state index contributed by atoms with van der Waals surface area (Å²) < 4.78 is 7.73. The number of imidazole rings is 1. The zero-order chi connectivity index (χ0) is 16.8. The molecule has 0 bridgehead atoms. The van der Waals surface area contributed by atoms with E-state index < -0.39 is 0 Å². The van der Waals surface area contributed by atoms with Crippen LogP contribution in [0.1, 0.15) is 46.6 Å². The Bertz CT molecular complexity index is 761. The monoisotopic (exact) mass is 329 g/mol. The molecule has 2 N–H and O–H groups in total. The van der Waals surface area contributed by atoms with E-state index in [4.69, 9.17) is 10.2 Å². The molecule has 7 nitrogen and oxygen atoms in total. The summed E-state index contributed by atoms with van der Waals surface area (Å²) in [6.07, 6.45) is 6.89. The molecule has 0 aromatic carbocycles. The smallest absolute Gasteiger partial charge is 0.291 e. The molecule has 2 atom stereocenters. The van der Waals surface area contributed by atoms with Gasteiger partial charge >= 0.3 is 0 Å². The van der Waals surface area contributed by atoms with Crippen LogP contribution >= 0.6 is 0 Å². The fraction of sp³-hybridized carbons (Fsp3) is 0.588. The van der Waals surface area contributed by atoms with Gasteiger partial charge in [-0.1, -0.05) is 0 Å². The summed E-state index contributed by atoms with van der Waals surface area (Å²) in [6.45, 7) is 2.94. The maximum Gasteiger partial charge on any atom is 0.291 e. The Balaban J connectivity index is 1.51. The summed E-state index contributed by atoms with van der Waals surface area (Å²) >= 11 is 0. The van der Waals surface area contributed by atoms with E-state index in [2.05, 4.69) is 9.97 Å². The van der Waals surface area contributed by atoms with Crippen molar-refractivity contribution in [1.29, 1.82) is 0 Å². The minimum absolute atomic E-state index is 0.0932. The SMILES string of the molecule is Cc1nc(CC2CC2)oc1C(=O)N1C[C@@H](N)[C@H](c2cncn2C)C1. The molecule has 2 aromatic heterocycles. The first kappa shape index (κ1) is 15.4. The zero-order valence-corrected chi connectivity index (χ0v) is 14.1. The van der Waals surface area contributed by atoms with Crippen molar-refractivity contribution in [2.45, 2.75) is 38.1 Å². The molecule has 0 unspecified atom stereocenters. The van der Waals surface area contributed by atoms with Gasteiger partial charge in [-0.05, 0) is 25.7 Å². The van der Waals surface area contributed by atoms with Gasteiger partial charge in [0.2, 0.25) is 5.76 Å². The summed E-state index contributed by atoms with van der Waals surface area (Å²) in [4.78, 5) is 23.2. The molecule has 0 radical (unpaired) electrons. The Morgan fingerprint density at radius 3 is 2.88 bits per heavy atom. The van der Waals surface area contributed by atoms with E-state index in [9.17, 15) is 4.79 Å². The van der Waals surface area contributed by atoms with Gasteiger partial charge in [-0.3, -0.25) is 4.79 Å². The lowest BCUT2D eigenvalue weighted by molar-refractivity contribution is 0.0754. The molecule has 2 aromatic rings. The highest BCUT2D eigenvalue weighted by Crippen LogP contribution is 2.33. The van der Waals surface area contributed by atoms with Gasteiger partial charge in [0.25, 0.3) is 5.91 Å². The van der Waals surface area contributed by atoms with E-state index in [1.165, 1.54) is 12.8 Å². The second-order valence-electron chi connectivity index (χ2n) is 7.08. The Kier molecular flexibility index (Phi) is 3.68. The molecule has 1 aliphatic heterocycles. The number of oxazole rings is 1. The number of aryl methyl sites for hydroxylation is 2. The number of nitrogens with two attached hydrogens (primary N) is 1. The number of aromatic nitrogens is 3. The number of rotatable bonds is 4. The molecule has 1 amide bonds. The van der Waals surface area contributed by atoms with Crippen LogP contribution in [-0.2, 0) is 13.5 Å². The average molecular weight is 329 g/mol. The van der Waals surface area contributed by atoms with Gasteiger partial charge in [-0.15, -0.1) is 0 Å². The van der Waals surface area contributed by atoms with Crippen molar-refractivity contribution >= 4 is 5.91 Å². The summed E-state index contributed by atoms with van der Waals surface area (Å²) in [5.41, 5.74) is 8.01. The molecule has 2 aliphatic rings. The maximum atomic E-state index is 12.8.